The standard InChI is InChI=1S/C10H14BrNO3S/c1-15-10-4-3-7(11)5-8(10)9(12)6-16(2,13)14/h3-5,9H,6,12H2,1-2H3. The predicted molar refractivity (Wildman–Crippen MR) is 67.3 cm³/mol. The molecule has 6 heteroatoms. The second-order valence-corrected chi connectivity index (χ2v) is 6.69. The molecule has 0 aliphatic rings. The minimum Gasteiger partial charge on any atom is -0.496 e. The van der Waals surface area contributed by atoms with Crippen LogP contribution in [0.4, 0.5) is 0 Å². The van der Waals surface area contributed by atoms with Crippen LogP contribution in [0.25, 0.3) is 0 Å². The zero-order valence-corrected chi connectivity index (χ0v) is 11.5. The molecule has 2 N–H and O–H groups in total. The summed E-state index contributed by atoms with van der Waals surface area (Å²) in [4.78, 5) is 0. The van der Waals surface area contributed by atoms with E-state index in [0.29, 0.717) is 11.3 Å². The van der Waals surface area contributed by atoms with Crippen molar-refractivity contribution in [3.05, 3.63) is 28.2 Å². The lowest BCUT2D eigenvalue weighted by molar-refractivity contribution is 0.407. The van der Waals surface area contributed by atoms with Gasteiger partial charge >= 0.3 is 0 Å². The van der Waals surface area contributed by atoms with Gasteiger partial charge in [0.25, 0.3) is 0 Å². The third kappa shape index (κ3) is 3.77. The van der Waals surface area contributed by atoms with E-state index >= 15 is 0 Å². The molecule has 1 unspecified atom stereocenters. The highest BCUT2D eigenvalue weighted by atomic mass is 79.9. The summed E-state index contributed by atoms with van der Waals surface area (Å²) in [5.74, 6) is 0.499. The molecule has 0 fully saturated rings. The third-order valence-corrected chi connectivity index (χ3v) is 3.53. The Morgan fingerprint density at radius 3 is 2.62 bits per heavy atom. The quantitative estimate of drug-likeness (QED) is 0.915. The van der Waals surface area contributed by atoms with Crippen LogP contribution in [0.5, 0.6) is 5.75 Å². The summed E-state index contributed by atoms with van der Waals surface area (Å²) in [7, 11) is -1.58. The van der Waals surface area contributed by atoms with Crippen molar-refractivity contribution in [2.45, 2.75) is 6.04 Å². The molecule has 1 rings (SSSR count). The van der Waals surface area contributed by atoms with Gasteiger partial charge in [-0.25, -0.2) is 8.42 Å². The Morgan fingerprint density at radius 2 is 2.12 bits per heavy atom. The summed E-state index contributed by atoms with van der Waals surface area (Å²) in [5, 5.41) is 0. The second kappa shape index (κ2) is 5.16. The summed E-state index contributed by atoms with van der Waals surface area (Å²) in [5.41, 5.74) is 6.53. The fourth-order valence-electron chi connectivity index (χ4n) is 1.41. The lowest BCUT2D eigenvalue weighted by Crippen LogP contribution is -2.21. The fraction of sp³-hybridized carbons (Fsp3) is 0.400. The van der Waals surface area contributed by atoms with Gasteiger partial charge in [0, 0.05) is 22.3 Å². The van der Waals surface area contributed by atoms with E-state index in [-0.39, 0.29) is 5.75 Å². The molecular formula is C10H14BrNO3S. The van der Waals surface area contributed by atoms with Crippen LogP contribution in [0, 0.1) is 0 Å². The van der Waals surface area contributed by atoms with Crippen molar-refractivity contribution in [2.75, 3.05) is 19.1 Å². The normalized spacial score (nSPS) is 13.5. The maximum atomic E-state index is 11.2. The number of rotatable bonds is 4. The van der Waals surface area contributed by atoms with Crippen LogP contribution in [0.2, 0.25) is 0 Å². The Kier molecular flexibility index (Phi) is 4.35. The molecule has 1 aromatic carbocycles. The summed E-state index contributed by atoms with van der Waals surface area (Å²) in [6.07, 6.45) is 1.16. The zero-order chi connectivity index (χ0) is 12.3. The molecule has 4 nitrogen and oxygen atoms in total. The largest absolute Gasteiger partial charge is 0.496 e. The minimum atomic E-state index is -3.11. The maximum absolute atomic E-state index is 11.2. The maximum Gasteiger partial charge on any atom is 0.149 e. The first-order valence-electron chi connectivity index (χ1n) is 4.60. The molecule has 16 heavy (non-hydrogen) atoms. The fourth-order valence-corrected chi connectivity index (χ4v) is 2.62. The minimum absolute atomic E-state index is 0.0974. The van der Waals surface area contributed by atoms with E-state index in [1.165, 1.54) is 7.11 Å². The highest BCUT2D eigenvalue weighted by molar-refractivity contribution is 9.10. The van der Waals surface area contributed by atoms with Gasteiger partial charge in [-0.1, -0.05) is 15.9 Å². The summed E-state index contributed by atoms with van der Waals surface area (Å²) >= 11 is 3.31. The second-order valence-electron chi connectivity index (χ2n) is 3.59. The average molecular weight is 308 g/mol. The van der Waals surface area contributed by atoms with Gasteiger partial charge in [-0.3, -0.25) is 0 Å². The smallest absolute Gasteiger partial charge is 0.149 e. The molecule has 0 saturated carbocycles. The molecular weight excluding hydrogens is 294 g/mol. The molecule has 0 aromatic heterocycles. The molecule has 0 spiro atoms. The predicted octanol–water partition coefficient (Wildman–Crippen LogP) is 1.50. The number of hydrogen-bond acceptors (Lipinski definition) is 4. The molecule has 0 bridgehead atoms. The van der Waals surface area contributed by atoms with Gasteiger partial charge in [0.2, 0.25) is 0 Å². The topological polar surface area (TPSA) is 69.4 Å². The molecule has 0 amide bonds. The Morgan fingerprint density at radius 1 is 1.50 bits per heavy atom. The van der Waals surface area contributed by atoms with Crippen LogP contribution in [0.1, 0.15) is 11.6 Å². The van der Waals surface area contributed by atoms with Crippen LogP contribution in [-0.4, -0.2) is 27.5 Å². The van der Waals surface area contributed by atoms with Crippen LogP contribution >= 0.6 is 15.9 Å². The third-order valence-electron chi connectivity index (χ3n) is 2.07. The van der Waals surface area contributed by atoms with Gasteiger partial charge in [0.1, 0.15) is 15.6 Å². The zero-order valence-electron chi connectivity index (χ0n) is 9.10. The van der Waals surface area contributed by atoms with E-state index in [9.17, 15) is 8.42 Å². The van der Waals surface area contributed by atoms with Crippen molar-refractivity contribution in [1.29, 1.82) is 0 Å². The van der Waals surface area contributed by atoms with Crippen molar-refractivity contribution in [3.63, 3.8) is 0 Å². The molecule has 1 aromatic rings. The molecule has 1 atom stereocenters. The van der Waals surface area contributed by atoms with Gasteiger partial charge in [-0.15, -0.1) is 0 Å². The highest BCUT2D eigenvalue weighted by Crippen LogP contribution is 2.27. The molecule has 0 heterocycles. The van der Waals surface area contributed by atoms with Crippen molar-refractivity contribution in [2.24, 2.45) is 5.73 Å². The molecule has 0 radical (unpaired) electrons. The summed E-state index contributed by atoms with van der Waals surface area (Å²) in [6, 6.07) is 4.76. The first-order chi connectivity index (χ1) is 7.33. The van der Waals surface area contributed by atoms with E-state index in [2.05, 4.69) is 15.9 Å². The van der Waals surface area contributed by atoms with Crippen LogP contribution in [-0.2, 0) is 9.84 Å². The molecule has 0 aliphatic carbocycles. The van der Waals surface area contributed by atoms with Gasteiger partial charge in [0.05, 0.1) is 12.9 Å². The Hall–Kier alpha value is -0.590. The van der Waals surface area contributed by atoms with Gasteiger partial charge < -0.3 is 10.5 Å². The van der Waals surface area contributed by atoms with Crippen LogP contribution < -0.4 is 10.5 Å². The van der Waals surface area contributed by atoms with Gasteiger partial charge in [-0.05, 0) is 18.2 Å². The van der Waals surface area contributed by atoms with Gasteiger partial charge in [0.15, 0.2) is 0 Å². The number of nitrogens with two attached hydrogens (primary N) is 1. The molecule has 0 aliphatic heterocycles. The molecule has 0 saturated heterocycles. The monoisotopic (exact) mass is 307 g/mol. The number of hydrogen-bond donors (Lipinski definition) is 1. The number of halogens is 1. The van der Waals surface area contributed by atoms with Crippen molar-refractivity contribution >= 4 is 25.8 Å². The van der Waals surface area contributed by atoms with E-state index in [4.69, 9.17) is 10.5 Å². The van der Waals surface area contributed by atoms with Crippen molar-refractivity contribution in [1.82, 2.24) is 0 Å². The Labute approximate surface area is 104 Å². The first-order valence-corrected chi connectivity index (χ1v) is 7.45. The van der Waals surface area contributed by atoms with Crippen LogP contribution in [0.15, 0.2) is 22.7 Å². The Balaban J connectivity index is 3.06. The number of benzene rings is 1. The lowest BCUT2D eigenvalue weighted by atomic mass is 10.1. The number of methoxy groups -OCH3 is 1. The van der Waals surface area contributed by atoms with E-state index in [1.807, 2.05) is 6.07 Å². The van der Waals surface area contributed by atoms with E-state index in [1.54, 1.807) is 12.1 Å². The average Bonchev–Trinajstić information content (AvgIpc) is 2.15. The van der Waals surface area contributed by atoms with Crippen molar-refractivity contribution < 1.29 is 13.2 Å². The lowest BCUT2D eigenvalue weighted by Gasteiger charge is -2.15. The van der Waals surface area contributed by atoms with Crippen LogP contribution in [0.3, 0.4) is 0 Å². The first kappa shape index (κ1) is 13.5. The number of ether oxygens (including phenoxy) is 1. The molecule has 90 valence electrons. The SMILES string of the molecule is COc1ccc(Br)cc1C(N)CS(C)(=O)=O. The summed E-state index contributed by atoms with van der Waals surface area (Å²) in [6.45, 7) is 0. The van der Waals surface area contributed by atoms with E-state index in [0.717, 1.165) is 10.7 Å². The van der Waals surface area contributed by atoms with E-state index < -0.39 is 15.9 Å². The van der Waals surface area contributed by atoms with Crippen molar-refractivity contribution in [3.8, 4) is 5.75 Å². The Bertz CT molecular complexity index is 473. The summed E-state index contributed by atoms with van der Waals surface area (Å²) < 4.78 is 28.3. The highest BCUT2D eigenvalue weighted by Gasteiger charge is 2.17. The number of sulfone groups is 1. The van der Waals surface area contributed by atoms with Gasteiger partial charge in [-0.2, -0.15) is 0 Å².